The molecule has 3 aliphatic heterocycles. The number of carbonyl (C=O) groups is 1. The molecule has 1 aromatic rings. The first kappa shape index (κ1) is 17.3. The second-order valence-electron chi connectivity index (χ2n) is 9.74. The normalized spacial score (nSPS) is 34.9. The summed E-state index contributed by atoms with van der Waals surface area (Å²) in [4.78, 5) is 18.6. The molecule has 0 spiro atoms. The van der Waals surface area contributed by atoms with Gasteiger partial charge in [0, 0.05) is 30.4 Å². The average Bonchev–Trinajstić information content (AvgIpc) is 3.17. The Kier molecular flexibility index (Phi) is 4.14. The number of aryl methyl sites for hydroxylation is 1. The molecule has 0 aromatic carbocycles. The van der Waals surface area contributed by atoms with E-state index in [0.717, 1.165) is 43.5 Å². The molecule has 3 fully saturated rings. The summed E-state index contributed by atoms with van der Waals surface area (Å²) in [6.07, 6.45) is 14.7. The summed E-state index contributed by atoms with van der Waals surface area (Å²) in [5.74, 6) is 1.52. The highest BCUT2D eigenvalue weighted by atomic mass is 16.2. The zero-order valence-corrected chi connectivity index (χ0v) is 16.8. The van der Waals surface area contributed by atoms with E-state index in [0.29, 0.717) is 12.0 Å². The highest BCUT2D eigenvalue weighted by Gasteiger charge is 2.47. The third kappa shape index (κ3) is 2.62. The molecule has 6 rings (SSSR count). The highest BCUT2D eigenvalue weighted by Crippen LogP contribution is 2.45. The van der Waals surface area contributed by atoms with Gasteiger partial charge >= 0.3 is 0 Å². The summed E-state index contributed by atoms with van der Waals surface area (Å²) in [6.45, 7) is 3.34. The number of nitrogens with one attached hydrogen (secondary N) is 1. The van der Waals surface area contributed by atoms with Gasteiger partial charge in [0.05, 0.1) is 6.04 Å². The maximum absolute atomic E-state index is 13.6. The van der Waals surface area contributed by atoms with Gasteiger partial charge < -0.3 is 4.90 Å². The van der Waals surface area contributed by atoms with Gasteiger partial charge in [0.25, 0.3) is 5.91 Å². The Labute approximate surface area is 167 Å². The van der Waals surface area contributed by atoms with Crippen molar-refractivity contribution in [2.45, 2.75) is 76.3 Å². The second-order valence-corrected chi connectivity index (χ2v) is 9.74. The molecule has 2 unspecified atom stereocenters. The first-order valence-corrected chi connectivity index (χ1v) is 11.6. The van der Waals surface area contributed by atoms with Gasteiger partial charge in [0.15, 0.2) is 5.69 Å². The van der Waals surface area contributed by atoms with Crippen LogP contribution >= 0.6 is 0 Å². The standard InChI is InChI=1S/C23H32N4O/c28-23(21-18-7-1-2-8-19(18)24-25-21)27-11-5-6-15-12-16-13-17(22(15)27)14-26-10-4-3-9-20(16)26/h12,16-17,20,22H,1-11,13-14H2,(H,24,25)/t16-,17-,20?,22?/m0/s1. The SMILES string of the molecule is O=C(c1n[nH]c2c1CCCC2)N1CCCC2=C[C@H]3C[C@@H](CN4CCCCC34)C21. The van der Waals surface area contributed by atoms with E-state index in [1.165, 1.54) is 69.3 Å². The van der Waals surface area contributed by atoms with Crippen molar-refractivity contribution in [3.8, 4) is 0 Å². The number of amides is 1. The van der Waals surface area contributed by atoms with Crippen LogP contribution in [-0.2, 0) is 12.8 Å². The molecule has 3 saturated heterocycles. The zero-order chi connectivity index (χ0) is 18.7. The van der Waals surface area contributed by atoms with Crippen LogP contribution in [0, 0.1) is 11.8 Å². The Morgan fingerprint density at radius 3 is 2.96 bits per heavy atom. The Morgan fingerprint density at radius 2 is 2.00 bits per heavy atom. The van der Waals surface area contributed by atoms with Gasteiger partial charge in [-0.15, -0.1) is 0 Å². The van der Waals surface area contributed by atoms with Crippen molar-refractivity contribution in [1.82, 2.24) is 20.0 Å². The molecule has 28 heavy (non-hydrogen) atoms. The number of hydrogen-bond donors (Lipinski definition) is 1. The molecule has 0 saturated carbocycles. The van der Waals surface area contributed by atoms with Gasteiger partial charge in [-0.1, -0.05) is 18.1 Å². The first-order valence-electron chi connectivity index (χ1n) is 11.6. The Balaban J connectivity index is 1.32. The number of aromatic nitrogens is 2. The van der Waals surface area contributed by atoms with Crippen LogP contribution in [0.3, 0.4) is 0 Å². The number of aromatic amines is 1. The number of likely N-dealkylation sites (tertiary alicyclic amines) is 1. The maximum Gasteiger partial charge on any atom is 0.275 e. The Bertz CT molecular complexity index is 812. The predicted octanol–water partition coefficient (Wildman–Crippen LogP) is 3.32. The second kappa shape index (κ2) is 6.72. The van der Waals surface area contributed by atoms with Gasteiger partial charge in [-0.25, -0.2) is 0 Å². The summed E-state index contributed by atoms with van der Waals surface area (Å²) in [7, 11) is 0. The minimum absolute atomic E-state index is 0.189. The third-order valence-electron chi connectivity index (χ3n) is 8.18. The topological polar surface area (TPSA) is 52.2 Å². The number of hydrogen-bond acceptors (Lipinski definition) is 3. The average molecular weight is 381 g/mol. The summed E-state index contributed by atoms with van der Waals surface area (Å²) in [5.41, 5.74) is 4.71. The van der Waals surface area contributed by atoms with Crippen molar-refractivity contribution < 1.29 is 4.79 Å². The minimum atomic E-state index is 0.189. The van der Waals surface area contributed by atoms with Crippen LogP contribution in [0.25, 0.3) is 0 Å². The Hall–Kier alpha value is -1.62. The number of nitrogens with zero attached hydrogens (tertiary/aromatic N) is 3. The van der Waals surface area contributed by atoms with Crippen molar-refractivity contribution in [1.29, 1.82) is 0 Å². The molecule has 0 radical (unpaired) electrons. The predicted molar refractivity (Wildman–Crippen MR) is 108 cm³/mol. The zero-order valence-electron chi connectivity index (χ0n) is 16.8. The van der Waals surface area contributed by atoms with E-state index in [4.69, 9.17) is 0 Å². The highest BCUT2D eigenvalue weighted by molar-refractivity contribution is 5.94. The fourth-order valence-corrected chi connectivity index (χ4v) is 7.00. The number of H-pyrrole nitrogens is 1. The molecular weight excluding hydrogens is 348 g/mol. The summed E-state index contributed by atoms with van der Waals surface area (Å²) in [5, 5.41) is 7.69. The fraction of sp³-hybridized carbons (Fsp3) is 0.739. The first-order chi connectivity index (χ1) is 13.8. The number of carbonyl (C=O) groups excluding carboxylic acids is 1. The summed E-state index contributed by atoms with van der Waals surface area (Å²) in [6, 6.07) is 1.08. The van der Waals surface area contributed by atoms with E-state index in [2.05, 4.69) is 26.1 Å². The van der Waals surface area contributed by atoms with Crippen LogP contribution in [0.15, 0.2) is 11.6 Å². The van der Waals surface area contributed by atoms with E-state index < -0.39 is 0 Å². The van der Waals surface area contributed by atoms with E-state index in [9.17, 15) is 4.79 Å². The third-order valence-corrected chi connectivity index (χ3v) is 8.18. The van der Waals surface area contributed by atoms with Crippen molar-refractivity contribution in [2.24, 2.45) is 11.8 Å². The van der Waals surface area contributed by atoms with Crippen LogP contribution < -0.4 is 0 Å². The molecule has 4 heterocycles. The van der Waals surface area contributed by atoms with Gasteiger partial charge in [-0.05, 0) is 76.2 Å². The number of rotatable bonds is 1. The van der Waals surface area contributed by atoms with Crippen LogP contribution in [0.4, 0.5) is 0 Å². The minimum Gasteiger partial charge on any atom is -0.330 e. The molecule has 5 nitrogen and oxygen atoms in total. The van der Waals surface area contributed by atoms with Gasteiger partial charge in [-0.2, -0.15) is 5.10 Å². The van der Waals surface area contributed by atoms with Gasteiger partial charge in [0.1, 0.15) is 0 Å². The summed E-state index contributed by atoms with van der Waals surface area (Å²) < 4.78 is 0. The van der Waals surface area contributed by atoms with Crippen molar-refractivity contribution >= 4 is 5.91 Å². The number of piperidine rings is 3. The largest absolute Gasteiger partial charge is 0.330 e. The molecule has 1 N–H and O–H groups in total. The molecule has 2 aliphatic carbocycles. The lowest BCUT2D eigenvalue weighted by Gasteiger charge is -2.54. The molecule has 5 aliphatic rings. The molecule has 5 heteroatoms. The number of fused-ring (bicyclic) bond motifs is 7. The molecule has 1 amide bonds. The van der Waals surface area contributed by atoms with Gasteiger partial charge in [0.2, 0.25) is 0 Å². The monoisotopic (exact) mass is 380 g/mol. The molecule has 1 aromatic heterocycles. The molecular formula is C23H32N4O. The van der Waals surface area contributed by atoms with Crippen LogP contribution in [-0.4, -0.2) is 57.6 Å². The molecule has 4 atom stereocenters. The van der Waals surface area contributed by atoms with Crippen molar-refractivity contribution in [2.75, 3.05) is 19.6 Å². The lowest BCUT2D eigenvalue weighted by atomic mass is 9.68. The summed E-state index contributed by atoms with van der Waals surface area (Å²) >= 11 is 0. The lowest BCUT2D eigenvalue weighted by Crippen LogP contribution is -2.60. The lowest BCUT2D eigenvalue weighted by molar-refractivity contribution is 0.00128. The van der Waals surface area contributed by atoms with E-state index >= 15 is 0 Å². The van der Waals surface area contributed by atoms with E-state index in [-0.39, 0.29) is 5.91 Å². The molecule has 150 valence electrons. The van der Waals surface area contributed by atoms with Crippen molar-refractivity contribution in [3.63, 3.8) is 0 Å². The van der Waals surface area contributed by atoms with Gasteiger partial charge in [-0.3, -0.25) is 14.8 Å². The Morgan fingerprint density at radius 1 is 1.07 bits per heavy atom. The van der Waals surface area contributed by atoms with Crippen LogP contribution in [0.2, 0.25) is 0 Å². The van der Waals surface area contributed by atoms with Crippen LogP contribution in [0.1, 0.15) is 73.1 Å². The maximum atomic E-state index is 13.6. The molecule has 2 bridgehead atoms. The quantitative estimate of drug-likeness (QED) is 0.761. The van der Waals surface area contributed by atoms with E-state index in [1.807, 2.05) is 0 Å². The van der Waals surface area contributed by atoms with E-state index in [1.54, 1.807) is 5.57 Å². The smallest absolute Gasteiger partial charge is 0.275 e. The fourth-order valence-electron chi connectivity index (χ4n) is 7.00. The van der Waals surface area contributed by atoms with Crippen LogP contribution in [0.5, 0.6) is 0 Å². The van der Waals surface area contributed by atoms with Crippen molar-refractivity contribution in [3.05, 3.63) is 28.6 Å².